The first-order chi connectivity index (χ1) is 13.5. The average Bonchev–Trinajstić information content (AvgIpc) is 3.17. The largest absolute Gasteiger partial charge is 0.508 e. The highest BCUT2D eigenvalue weighted by atomic mass is 16.5. The molecular weight excluding hydrogens is 364 g/mol. The Bertz CT molecular complexity index is 968. The van der Waals surface area contributed by atoms with E-state index < -0.39 is 11.8 Å². The SMILES string of the molecule is NC(=O)c1ccccc1OCc1noc(C(=O)NCCc2ccc(O)cc2)n1. The predicted molar refractivity (Wildman–Crippen MR) is 97.7 cm³/mol. The number of carbonyl (C=O) groups excluding carboxylic acids is 2. The van der Waals surface area contributed by atoms with Crippen LogP contribution in [0.3, 0.4) is 0 Å². The van der Waals surface area contributed by atoms with E-state index in [2.05, 4.69) is 15.5 Å². The van der Waals surface area contributed by atoms with Crippen LogP contribution < -0.4 is 15.8 Å². The molecule has 0 bridgehead atoms. The molecule has 3 rings (SSSR count). The fourth-order valence-corrected chi connectivity index (χ4v) is 2.40. The molecule has 1 aromatic heterocycles. The number of ether oxygens (including phenoxy) is 1. The molecule has 2 amide bonds. The molecule has 0 aliphatic carbocycles. The number of carbonyl (C=O) groups is 2. The topological polar surface area (TPSA) is 141 Å². The number of phenols is 1. The van der Waals surface area contributed by atoms with Crippen molar-refractivity contribution in [2.45, 2.75) is 13.0 Å². The Hall–Kier alpha value is -3.88. The van der Waals surface area contributed by atoms with E-state index in [0.717, 1.165) is 5.56 Å². The van der Waals surface area contributed by atoms with Crippen LogP contribution >= 0.6 is 0 Å². The van der Waals surface area contributed by atoms with Crippen LogP contribution in [0.4, 0.5) is 0 Å². The third kappa shape index (κ3) is 4.85. The van der Waals surface area contributed by atoms with Gasteiger partial charge >= 0.3 is 11.8 Å². The number of hydrogen-bond donors (Lipinski definition) is 3. The molecule has 1 heterocycles. The van der Waals surface area contributed by atoms with Gasteiger partial charge < -0.3 is 25.4 Å². The standard InChI is InChI=1S/C19H18N4O5/c20-17(25)14-3-1-2-4-15(14)27-11-16-22-19(28-23-16)18(26)21-10-9-12-5-7-13(24)8-6-12/h1-8,24H,9-11H2,(H2,20,25)(H,21,26). The van der Waals surface area contributed by atoms with E-state index in [-0.39, 0.29) is 29.6 Å². The number of amides is 2. The smallest absolute Gasteiger partial charge is 0.316 e. The van der Waals surface area contributed by atoms with Crippen molar-refractivity contribution in [3.8, 4) is 11.5 Å². The minimum atomic E-state index is -0.614. The molecule has 0 atom stereocenters. The molecular formula is C19H18N4O5. The Morgan fingerprint density at radius 1 is 1.14 bits per heavy atom. The van der Waals surface area contributed by atoms with Crippen LogP contribution in [0.15, 0.2) is 53.1 Å². The third-order valence-corrected chi connectivity index (χ3v) is 3.81. The Labute approximate surface area is 160 Å². The summed E-state index contributed by atoms with van der Waals surface area (Å²) in [5.41, 5.74) is 6.49. The Balaban J connectivity index is 1.51. The fraction of sp³-hybridized carbons (Fsp3) is 0.158. The predicted octanol–water partition coefficient (Wildman–Crippen LogP) is 1.43. The van der Waals surface area contributed by atoms with Gasteiger partial charge in [-0.25, -0.2) is 0 Å². The maximum Gasteiger partial charge on any atom is 0.316 e. The number of para-hydroxylation sites is 1. The molecule has 9 heteroatoms. The molecule has 0 saturated heterocycles. The number of aromatic hydroxyl groups is 1. The molecule has 2 aromatic carbocycles. The second-order valence-corrected chi connectivity index (χ2v) is 5.84. The lowest BCUT2D eigenvalue weighted by Crippen LogP contribution is -2.26. The van der Waals surface area contributed by atoms with Gasteiger partial charge in [-0.3, -0.25) is 9.59 Å². The van der Waals surface area contributed by atoms with Gasteiger partial charge in [0.05, 0.1) is 5.56 Å². The van der Waals surface area contributed by atoms with E-state index in [1.54, 1.807) is 48.5 Å². The number of rotatable bonds is 8. The van der Waals surface area contributed by atoms with Crippen molar-refractivity contribution in [3.05, 3.63) is 71.4 Å². The molecule has 0 fully saturated rings. The van der Waals surface area contributed by atoms with Gasteiger partial charge in [-0.1, -0.05) is 29.4 Å². The third-order valence-electron chi connectivity index (χ3n) is 3.81. The van der Waals surface area contributed by atoms with Crippen LogP contribution in [0.1, 0.15) is 32.4 Å². The second kappa shape index (κ2) is 8.67. The quantitative estimate of drug-likeness (QED) is 0.535. The lowest BCUT2D eigenvalue weighted by molar-refractivity contribution is 0.0909. The normalized spacial score (nSPS) is 10.4. The van der Waals surface area contributed by atoms with E-state index in [0.29, 0.717) is 18.7 Å². The van der Waals surface area contributed by atoms with E-state index in [4.69, 9.17) is 15.0 Å². The monoisotopic (exact) mass is 382 g/mol. The first-order valence-corrected chi connectivity index (χ1v) is 8.43. The Kier molecular flexibility index (Phi) is 5.85. The van der Waals surface area contributed by atoms with Crippen molar-refractivity contribution < 1.29 is 24.0 Å². The summed E-state index contributed by atoms with van der Waals surface area (Å²) in [6, 6.07) is 13.2. The Morgan fingerprint density at radius 2 is 1.89 bits per heavy atom. The van der Waals surface area contributed by atoms with Gasteiger partial charge in [-0.15, -0.1) is 0 Å². The fourth-order valence-electron chi connectivity index (χ4n) is 2.40. The molecule has 0 aliphatic rings. The number of nitrogens with one attached hydrogen (secondary N) is 1. The van der Waals surface area contributed by atoms with Crippen molar-refractivity contribution >= 4 is 11.8 Å². The van der Waals surface area contributed by atoms with Crippen molar-refractivity contribution in [1.29, 1.82) is 0 Å². The molecule has 4 N–H and O–H groups in total. The van der Waals surface area contributed by atoms with Gasteiger partial charge in [-0.05, 0) is 36.2 Å². The summed E-state index contributed by atoms with van der Waals surface area (Å²) in [6.45, 7) is 0.276. The van der Waals surface area contributed by atoms with Crippen LogP contribution in [0.2, 0.25) is 0 Å². The molecule has 9 nitrogen and oxygen atoms in total. The summed E-state index contributed by atoms with van der Waals surface area (Å²) < 4.78 is 10.4. The second-order valence-electron chi connectivity index (χ2n) is 5.84. The molecule has 0 aliphatic heterocycles. The van der Waals surface area contributed by atoms with Crippen LogP contribution in [0.25, 0.3) is 0 Å². The summed E-state index contributed by atoms with van der Waals surface area (Å²) in [7, 11) is 0. The molecule has 0 radical (unpaired) electrons. The van der Waals surface area contributed by atoms with E-state index >= 15 is 0 Å². The number of benzene rings is 2. The molecule has 0 saturated carbocycles. The average molecular weight is 382 g/mol. The van der Waals surface area contributed by atoms with Crippen molar-refractivity contribution in [2.24, 2.45) is 5.73 Å². The summed E-state index contributed by atoms with van der Waals surface area (Å²) in [5.74, 6) is -0.672. The Morgan fingerprint density at radius 3 is 2.64 bits per heavy atom. The summed E-state index contributed by atoms with van der Waals surface area (Å²) in [5, 5.41) is 15.6. The maximum atomic E-state index is 12.1. The van der Waals surface area contributed by atoms with Gasteiger partial charge in [0.15, 0.2) is 6.61 Å². The van der Waals surface area contributed by atoms with Crippen molar-refractivity contribution in [3.63, 3.8) is 0 Å². The number of nitrogens with two attached hydrogens (primary N) is 1. The lowest BCUT2D eigenvalue weighted by atomic mass is 10.1. The van der Waals surface area contributed by atoms with Gasteiger partial charge in [0.2, 0.25) is 5.82 Å². The number of nitrogens with zero attached hydrogens (tertiary/aromatic N) is 2. The summed E-state index contributed by atoms with van der Waals surface area (Å²) in [6.07, 6.45) is 0.583. The highest BCUT2D eigenvalue weighted by Gasteiger charge is 2.16. The number of aromatic nitrogens is 2. The van der Waals surface area contributed by atoms with Crippen molar-refractivity contribution in [1.82, 2.24) is 15.5 Å². The van der Waals surface area contributed by atoms with Gasteiger partial charge in [0.25, 0.3) is 5.91 Å². The minimum Gasteiger partial charge on any atom is -0.508 e. The molecule has 144 valence electrons. The van der Waals surface area contributed by atoms with Gasteiger partial charge in [-0.2, -0.15) is 4.98 Å². The minimum absolute atomic E-state index is 0.0887. The summed E-state index contributed by atoms with van der Waals surface area (Å²) in [4.78, 5) is 27.4. The summed E-state index contributed by atoms with van der Waals surface area (Å²) >= 11 is 0. The highest BCUT2D eigenvalue weighted by molar-refractivity contribution is 5.95. The van der Waals surface area contributed by atoms with Gasteiger partial charge in [0.1, 0.15) is 11.5 Å². The number of phenolic OH excluding ortho intramolecular Hbond substituents is 1. The molecule has 28 heavy (non-hydrogen) atoms. The molecule has 0 unspecified atom stereocenters. The maximum absolute atomic E-state index is 12.1. The number of hydrogen-bond acceptors (Lipinski definition) is 7. The molecule has 3 aromatic rings. The zero-order valence-electron chi connectivity index (χ0n) is 14.8. The number of primary amides is 1. The first-order valence-electron chi connectivity index (χ1n) is 8.43. The van der Waals surface area contributed by atoms with E-state index in [1.807, 2.05) is 0 Å². The zero-order valence-corrected chi connectivity index (χ0v) is 14.8. The van der Waals surface area contributed by atoms with Crippen LogP contribution in [-0.4, -0.2) is 33.6 Å². The van der Waals surface area contributed by atoms with Crippen molar-refractivity contribution in [2.75, 3.05) is 6.54 Å². The lowest BCUT2D eigenvalue weighted by Gasteiger charge is -2.06. The van der Waals surface area contributed by atoms with Crippen LogP contribution in [0, 0.1) is 0 Å². The van der Waals surface area contributed by atoms with E-state index in [9.17, 15) is 14.7 Å². The highest BCUT2D eigenvalue weighted by Crippen LogP contribution is 2.18. The van der Waals surface area contributed by atoms with E-state index in [1.165, 1.54) is 0 Å². The van der Waals surface area contributed by atoms with Crippen LogP contribution in [0.5, 0.6) is 11.5 Å². The zero-order chi connectivity index (χ0) is 19.9. The van der Waals surface area contributed by atoms with Crippen LogP contribution in [-0.2, 0) is 13.0 Å². The first kappa shape index (κ1) is 18.9. The van der Waals surface area contributed by atoms with Gasteiger partial charge in [0, 0.05) is 6.54 Å². The molecule has 0 spiro atoms.